The van der Waals surface area contributed by atoms with Gasteiger partial charge in [-0.25, -0.2) is 4.98 Å². The summed E-state index contributed by atoms with van der Waals surface area (Å²) in [7, 11) is 0. The lowest BCUT2D eigenvalue weighted by atomic mass is 9.93. The highest BCUT2D eigenvalue weighted by Gasteiger charge is 2.20. The molecule has 2 N–H and O–H groups in total. The summed E-state index contributed by atoms with van der Waals surface area (Å²) in [6.45, 7) is 4.00. The molecule has 19 heavy (non-hydrogen) atoms. The maximum absolute atomic E-state index is 11.9. The molecule has 5 nitrogen and oxygen atoms in total. The first kappa shape index (κ1) is 12.4. The number of amides is 1. The van der Waals surface area contributed by atoms with Crippen LogP contribution in [0.5, 0.6) is 0 Å². The minimum absolute atomic E-state index is 0.0449. The monoisotopic (exact) mass is 260 g/mol. The molecule has 2 aliphatic rings. The van der Waals surface area contributed by atoms with Crippen molar-refractivity contribution in [1.29, 1.82) is 0 Å². The van der Waals surface area contributed by atoms with Crippen LogP contribution < -0.4 is 15.5 Å². The Morgan fingerprint density at radius 3 is 2.68 bits per heavy atom. The second kappa shape index (κ2) is 5.57. The number of rotatable bonds is 3. The first-order valence-corrected chi connectivity index (χ1v) is 7.05. The molecule has 0 aromatic carbocycles. The number of nitrogens with zero attached hydrogens (tertiary/aromatic N) is 2. The van der Waals surface area contributed by atoms with Gasteiger partial charge < -0.3 is 15.5 Å². The molecule has 2 heterocycles. The molecular weight excluding hydrogens is 240 g/mol. The van der Waals surface area contributed by atoms with Crippen molar-refractivity contribution in [3.63, 3.8) is 0 Å². The molecule has 1 aromatic rings. The fraction of sp³-hybridized carbons (Fsp3) is 0.571. The number of piperazine rings is 1. The van der Waals surface area contributed by atoms with Crippen LogP contribution in [-0.4, -0.2) is 43.1 Å². The first-order chi connectivity index (χ1) is 9.33. The van der Waals surface area contributed by atoms with Crippen LogP contribution in [0.1, 0.15) is 29.8 Å². The number of aromatic nitrogens is 1. The first-order valence-electron chi connectivity index (χ1n) is 7.05. The van der Waals surface area contributed by atoms with Crippen molar-refractivity contribution in [2.75, 3.05) is 31.1 Å². The number of hydrogen-bond donors (Lipinski definition) is 2. The molecule has 0 radical (unpaired) electrons. The van der Waals surface area contributed by atoms with Gasteiger partial charge in [-0.2, -0.15) is 0 Å². The molecule has 5 heteroatoms. The van der Waals surface area contributed by atoms with E-state index in [4.69, 9.17) is 0 Å². The van der Waals surface area contributed by atoms with Crippen LogP contribution in [0.25, 0.3) is 0 Å². The van der Waals surface area contributed by atoms with Crippen LogP contribution >= 0.6 is 0 Å². The molecule has 2 fully saturated rings. The van der Waals surface area contributed by atoms with Crippen molar-refractivity contribution in [3.8, 4) is 0 Å². The van der Waals surface area contributed by atoms with E-state index in [1.807, 2.05) is 12.1 Å². The van der Waals surface area contributed by atoms with Crippen molar-refractivity contribution in [3.05, 3.63) is 24.0 Å². The summed E-state index contributed by atoms with van der Waals surface area (Å²) in [5.74, 6) is -0.0449. The third kappa shape index (κ3) is 2.87. The van der Waals surface area contributed by atoms with Gasteiger partial charge in [-0.1, -0.05) is 0 Å². The average Bonchev–Trinajstić information content (AvgIpc) is 2.44. The molecule has 0 unspecified atom stereocenters. The van der Waals surface area contributed by atoms with Gasteiger partial charge in [-0.3, -0.25) is 4.79 Å². The fourth-order valence-electron chi connectivity index (χ4n) is 2.44. The van der Waals surface area contributed by atoms with Gasteiger partial charge in [0, 0.05) is 32.2 Å². The fourth-order valence-corrected chi connectivity index (χ4v) is 2.44. The van der Waals surface area contributed by atoms with Gasteiger partial charge in [0.15, 0.2) is 0 Å². The summed E-state index contributed by atoms with van der Waals surface area (Å²) >= 11 is 0. The van der Waals surface area contributed by atoms with E-state index in [0.717, 1.165) is 44.7 Å². The lowest BCUT2D eigenvalue weighted by molar-refractivity contribution is 0.0912. The molecule has 1 saturated heterocycles. The zero-order valence-corrected chi connectivity index (χ0v) is 11.1. The number of carbonyl (C=O) groups is 1. The molecule has 0 atom stereocenters. The standard InChI is InChI=1S/C14H20N4O/c19-14(17-11-2-1-3-11)13-5-4-12(10-16-13)18-8-6-15-7-9-18/h4-5,10-11,15H,1-3,6-9H2,(H,17,19). The highest BCUT2D eigenvalue weighted by Crippen LogP contribution is 2.19. The maximum atomic E-state index is 11.9. The Labute approximate surface area is 113 Å². The van der Waals surface area contributed by atoms with Crippen molar-refractivity contribution < 1.29 is 4.79 Å². The molecule has 102 valence electrons. The molecule has 3 rings (SSSR count). The summed E-state index contributed by atoms with van der Waals surface area (Å²) in [4.78, 5) is 18.5. The van der Waals surface area contributed by atoms with Gasteiger partial charge >= 0.3 is 0 Å². The Morgan fingerprint density at radius 1 is 1.32 bits per heavy atom. The van der Waals surface area contributed by atoms with Crippen LogP contribution in [0, 0.1) is 0 Å². The third-order valence-corrected chi connectivity index (χ3v) is 3.90. The Morgan fingerprint density at radius 2 is 2.11 bits per heavy atom. The normalized spacial score (nSPS) is 19.9. The molecule has 1 aromatic heterocycles. The molecule has 1 aliphatic carbocycles. The Bertz CT molecular complexity index is 435. The van der Waals surface area contributed by atoms with E-state index < -0.39 is 0 Å². The Hall–Kier alpha value is -1.62. The molecule has 0 spiro atoms. The van der Waals surface area contributed by atoms with Crippen LogP contribution in [0.15, 0.2) is 18.3 Å². The average molecular weight is 260 g/mol. The molecule has 1 amide bonds. The summed E-state index contributed by atoms with van der Waals surface area (Å²) in [6, 6.07) is 4.18. The van der Waals surface area contributed by atoms with E-state index in [0.29, 0.717) is 11.7 Å². The predicted octanol–water partition coefficient (Wildman–Crippen LogP) is 0.773. The second-order valence-corrected chi connectivity index (χ2v) is 5.24. The smallest absolute Gasteiger partial charge is 0.270 e. The molecule has 1 aliphatic heterocycles. The van der Waals surface area contributed by atoms with Crippen molar-refractivity contribution >= 4 is 11.6 Å². The third-order valence-electron chi connectivity index (χ3n) is 3.90. The Balaban J connectivity index is 1.62. The SMILES string of the molecule is O=C(NC1CCC1)c1ccc(N2CCNCC2)cn1. The van der Waals surface area contributed by atoms with Crippen molar-refractivity contribution in [1.82, 2.24) is 15.6 Å². The summed E-state index contributed by atoms with van der Waals surface area (Å²) in [6.07, 6.45) is 5.23. The lowest BCUT2D eigenvalue weighted by Crippen LogP contribution is -2.43. The molecule has 0 bridgehead atoms. The van der Waals surface area contributed by atoms with E-state index in [9.17, 15) is 4.79 Å². The topological polar surface area (TPSA) is 57.3 Å². The van der Waals surface area contributed by atoms with E-state index >= 15 is 0 Å². The highest BCUT2D eigenvalue weighted by atomic mass is 16.1. The zero-order chi connectivity index (χ0) is 13.1. The highest BCUT2D eigenvalue weighted by molar-refractivity contribution is 5.92. The van der Waals surface area contributed by atoms with E-state index in [1.165, 1.54) is 6.42 Å². The maximum Gasteiger partial charge on any atom is 0.270 e. The zero-order valence-electron chi connectivity index (χ0n) is 11.1. The number of hydrogen-bond acceptors (Lipinski definition) is 4. The number of pyridine rings is 1. The second-order valence-electron chi connectivity index (χ2n) is 5.24. The van der Waals surface area contributed by atoms with Gasteiger partial charge in [0.25, 0.3) is 5.91 Å². The lowest BCUT2D eigenvalue weighted by Gasteiger charge is -2.29. The molecular formula is C14H20N4O. The van der Waals surface area contributed by atoms with Gasteiger partial charge in [-0.15, -0.1) is 0 Å². The number of nitrogens with one attached hydrogen (secondary N) is 2. The molecule has 1 saturated carbocycles. The van der Waals surface area contributed by atoms with E-state index in [2.05, 4.69) is 20.5 Å². The van der Waals surface area contributed by atoms with E-state index in [1.54, 1.807) is 6.20 Å². The quantitative estimate of drug-likeness (QED) is 0.843. The van der Waals surface area contributed by atoms with Gasteiger partial charge in [0.1, 0.15) is 5.69 Å². The van der Waals surface area contributed by atoms with Crippen LogP contribution in [0.4, 0.5) is 5.69 Å². The van der Waals surface area contributed by atoms with Crippen molar-refractivity contribution in [2.24, 2.45) is 0 Å². The van der Waals surface area contributed by atoms with Gasteiger partial charge in [0.2, 0.25) is 0 Å². The van der Waals surface area contributed by atoms with Crippen LogP contribution in [0.3, 0.4) is 0 Å². The summed E-state index contributed by atoms with van der Waals surface area (Å²) < 4.78 is 0. The number of anilines is 1. The minimum atomic E-state index is -0.0449. The van der Waals surface area contributed by atoms with E-state index in [-0.39, 0.29) is 5.91 Å². The summed E-state index contributed by atoms with van der Waals surface area (Å²) in [5.41, 5.74) is 1.62. The van der Waals surface area contributed by atoms with Gasteiger partial charge in [-0.05, 0) is 31.4 Å². The van der Waals surface area contributed by atoms with Gasteiger partial charge in [0.05, 0.1) is 11.9 Å². The van der Waals surface area contributed by atoms with Crippen LogP contribution in [0.2, 0.25) is 0 Å². The summed E-state index contributed by atoms with van der Waals surface area (Å²) in [5, 5.41) is 6.33. The minimum Gasteiger partial charge on any atom is -0.368 e. The van der Waals surface area contributed by atoms with Crippen LogP contribution in [-0.2, 0) is 0 Å². The van der Waals surface area contributed by atoms with Crippen molar-refractivity contribution in [2.45, 2.75) is 25.3 Å². The largest absolute Gasteiger partial charge is 0.368 e. The number of carbonyl (C=O) groups excluding carboxylic acids is 1. The predicted molar refractivity (Wildman–Crippen MR) is 74.4 cm³/mol. The Kier molecular flexibility index (Phi) is 3.64.